The first-order valence-electron chi connectivity index (χ1n) is 11.3. The predicted molar refractivity (Wildman–Crippen MR) is 137 cm³/mol. The average Bonchev–Trinajstić information content (AvgIpc) is 3.34. The second kappa shape index (κ2) is 14.7. The van der Waals surface area contributed by atoms with E-state index in [2.05, 4.69) is 20.5 Å². The molecule has 1 aromatic rings. The summed E-state index contributed by atoms with van der Waals surface area (Å²) >= 11 is 0. The van der Waals surface area contributed by atoms with Gasteiger partial charge in [-0.15, -0.1) is 24.0 Å². The van der Waals surface area contributed by atoms with Crippen molar-refractivity contribution in [3.05, 3.63) is 29.8 Å². The molecule has 0 aromatic heterocycles. The largest absolute Gasteiger partial charge is 0.385 e. The number of nitrogens with one attached hydrogen (secondary N) is 2. The van der Waals surface area contributed by atoms with Gasteiger partial charge in [0.15, 0.2) is 5.96 Å². The van der Waals surface area contributed by atoms with Gasteiger partial charge in [0.05, 0.1) is 6.10 Å². The predicted octanol–water partition coefficient (Wildman–Crippen LogP) is 3.02. The lowest BCUT2D eigenvalue weighted by molar-refractivity contribution is -0.124. The molecule has 9 heteroatoms. The quantitative estimate of drug-likeness (QED) is 0.209. The maximum atomic E-state index is 12.3. The lowest BCUT2D eigenvalue weighted by Gasteiger charge is -2.34. The van der Waals surface area contributed by atoms with Crippen molar-refractivity contribution >= 4 is 41.5 Å². The van der Waals surface area contributed by atoms with Gasteiger partial charge in [-0.1, -0.05) is 12.1 Å². The SMILES string of the molecule is CN=C(NCc1cccc(NC(=O)C2CCCO2)c1)N1CCC(OCCCOC)CC1.I. The molecule has 1 atom stereocenters. The molecular formula is C23H37IN4O4. The van der Waals surface area contributed by atoms with E-state index in [1.807, 2.05) is 31.3 Å². The number of hydrogen-bond donors (Lipinski definition) is 2. The number of guanidine groups is 1. The fraction of sp³-hybridized carbons (Fsp3) is 0.652. The molecular weight excluding hydrogens is 523 g/mol. The number of amides is 1. The molecule has 32 heavy (non-hydrogen) atoms. The van der Waals surface area contributed by atoms with Crippen LogP contribution in [0.2, 0.25) is 0 Å². The second-order valence-corrected chi connectivity index (χ2v) is 8.00. The summed E-state index contributed by atoms with van der Waals surface area (Å²) in [4.78, 5) is 19.0. The molecule has 2 aliphatic rings. The zero-order chi connectivity index (χ0) is 21.9. The molecule has 8 nitrogen and oxygen atoms in total. The van der Waals surface area contributed by atoms with Crippen LogP contribution in [0.25, 0.3) is 0 Å². The third-order valence-corrected chi connectivity index (χ3v) is 5.67. The smallest absolute Gasteiger partial charge is 0.253 e. The number of carbonyl (C=O) groups excluding carboxylic acids is 1. The van der Waals surface area contributed by atoms with Gasteiger partial charge in [0, 0.05) is 59.3 Å². The minimum Gasteiger partial charge on any atom is -0.385 e. The Balaban J connectivity index is 0.00000363. The van der Waals surface area contributed by atoms with E-state index >= 15 is 0 Å². The average molecular weight is 560 g/mol. The molecule has 2 N–H and O–H groups in total. The molecule has 180 valence electrons. The molecule has 2 saturated heterocycles. The fourth-order valence-electron chi connectivity index (χ4n) is 3.97. The standard InChI is InChI=1S/C23H36N4O4.HI/c1-24-23(27-11-9-20(10-12-27)30-15-5-13-29-2)25-17-18-6-3-7-19(16-18)26-22(28)21-8-4-14-31-21;/h3,6-7,16,20-21H,4-5,8-15,17H2,1-2H3,(H,24,25)(H,26,28);1H. The van der Waals surface area contributed by atoms with E-state index in [0.29, 0.717) is 19.3 Å². The Morgan fingerprint density at radius 3 is 2.75 bits per heavy atom. The molecule has 2 fully saturated rings. The van der Waals surface area contributed by atoms with E-state index in [9.17, 15) is 4.79 Å². The highest BCUT2D eigenvalue weighted by Gasteiger charge is 2.24. The van der Waals surface area contributed by atoms with Crippen LogP contribution in [-0.4, -0.2) is 76.0 Å². The molecule has 2 heterocycles. The van der Waals surface area contributed by atoms with E-state index in [4.69, 9.17) is 14.2 Å². The van der Waals surface area contributed by atoms with Gasteiger partial charge in [-0.3, -0.25) is 9.79 Å². The van der Waals surface area contributed by atoms with Gasteiger partial charge in [-0.25, -0.2) is 0 Å². The zero-order valence-electron chi connectivity index (χ0n) is 19.2. The van der Waals surface area contributed by atoms with Crippen molar-refractivity contribution in [1.82, 2.24) is 10.2 Å². The molecule has 2 aliphatic heterocycles. The molecule has 1 aromatic carbocycles. The summed E-state index contributed by atoms with van der Waals surface area (Å²) in [5, 5.41) is 6.41. The Labute approximate surface area is 208 Å². The summed E-state index contributed by atoms with van der Waals surface area (Å²) < 4.78 is 16.5. The number of hydrogen-bond acceptors (Lipinski definition) is 5. The second-order valence-electron chi connectivity index (χ2n) is 8.00. The number of halogens is 1. The number of benzene rings is 1. The first-order valence-corrected chi connectivity index (χ1v) is 11.3. The Morgan fingerprint density at radius 2 is 2.06 bits per heavy atom. The lowest BCUT2D eigenvalue weighted by Crippen LogP contribution is -2.46. The topological polar surface area (TPSA) is 84.4 Å². The van der Waals surface area contributed by atoms with Gasteiger partial charge < -0.3 is 29.7 Å². The number of carbonyl (C=O) groups is 1. The van der Waals surface area contributed by atoms with Crippen LogP contribution in [0.1, 0.15) is 37.7 Å². The van der Waals surface area contributed by atoms with Crippen molar-refractivity contribution in [2.24, 2.45) is 4.99 Å². The van der Waals surface area contributed by atoms with Gasteiger partial charge in [0.2, 0.25) is 0 Å². The minimum atomic E-state index is -0.326. The van der Waals surface area contributed by atoms with Crippen LogP contribution < -0.4 is 10.6 Å². The van der Waals surface area contributed by atoms with Crippen molar-refractivity contribution in [3.8, 4) is 0 Å². The van der Waals surface area contributed by atoms with Crippen molar-refractivity contribution in [1.29, 1.82) is 0 Å². The van der Waals surface area contributed by atoms with Gasteiger partial charge in [0.1, 0.15) is 6.10 Å². The Bertz CT molecular complexity index is 720. The zero-order valence-corrected chi connectivity index (χ0v) is 21.5. The van der Waals surface area contributed by atoms with E-state index < -0.39 is 0 Å². The molecule has 0 spiro atoms. The summed E-state index contributed by atoms with van der Waals surface area (Å²) in [7, 11) is 3.53. The van der Waals surface area contributed by atoms with Crippen LogP contribution in [-0.2, 0) is 25.5 Å². The van der Waals surface area contributed by atoms with Gasteiger partial charge in [-0.2, -0.15) is 0 Å². The number of nitrogens with zero attached hydrogens (tertiary/aromatic N) is 2. The van der Waals surface area contributed by atoms with Crippen LogP contribution in [0.15, 0.2) is 29.3 Å². The number of rotatable bonds is 9. The highest BCUT2D eigenvalue weighted by molar-refractivity contribution is 14.0. The van der Waals surface area contributed by atoms with Crippen LogP contribution in [0.4, 0.5) is 5.69 Å². The molecule has 1 unspecified atom stereocenters. The van der Waals surface area contributed by atoms with E-state index in [0.717, 1.165) is 75.6 Å². The lowest BCUT2D eigenvalue weighted by atomic mass is 10.1. The third kappa shape index (κ3) is 8.49. The van der Waals surface area contributed by atoms with Crippen LogP contribution in [0, 0.1) is 0 Å². The molecule has 0 radical (unpaired) electrons. The Hall–Kier alpha value is -1.43. The van der Waals surface area contributed by atoms with Crippen molar-refractivity contribution in [2.45, 2.75) is 50.9 Å². The number of aliphatic imine (C=N–C) groups is 1. The Kier molecular flexibility index (Phi) is 12.3. The molecule has 0 saturated carbocycles. The van der Waals surface area contributed by atoms with Crippen molar-refractivity contribution in [3.63, 3.8) is 0 Å². The first-order chi connectivity index (χ1) is 15.2. The first kappa shape index (κ1) is 26.8. The maximum absolute atomic E-state index is 12.3. The van der Waals surface area contributed by atoms with Crippen molar-refractivity contribution < 1.29 is 19.0 Å². The van der Waals surface area contributed by atoms with Crippen LogP contribution in [0.3, 0.4) is 0 Å². The monoisotopic (exact) mass is 560 g/mol. The fourth-order valence-corrected chi connectivity index (χ4v) is 3.97. The number of likely N-dealkylation sites (tertiary alicyclic amines) is 1. The van der Waals surface area contributed by atoms with Gasteiger partial charge >= 0.3 is 0 Å². The van der Waals surface area contributed by atoms with E-state index in [-0.39, 0.29) is 36.0 Å². The highest BCUT2D eigenvalue weighted by Crippen LogP contribution is 2.17. The summed E-state index contributed by atoms with van der Waals surface area (Å²) in [5.74, 6) is 0.831. The summed E-state index contributed by atoms with van der Waals surface area (Å²) in [6.45, 7) is 4.65. The van der Waals surface area contributed by atoms with Crippen LogP contribution >= 0.6 is 24.0 Å². The third-order valence-electron chi connectivity index (χ3n) is 5.67. The molecule has 0 aliphatic carbocycles. The summed E-state index contributed by atoms with van der Waals surface area (Å²) in [6.07, 6.45) is 4.66. The molecule has 3 rings (SSSR count). The Morgan fingerprint density at radius 1 is 1.25 bits per heavy atom. The minimum absolute atomic E-state index is 0. The number of piperidine rings is 1. The number of ether oxygens (including phenoxy) is 3. The van der Waals surface area contributed by atoms with Gasteiger partial charge in [0.25, 0.3) is 5.91 Å². The van der Waals surface area contributed by atoms with E-state index in [1.165, 1.54) is 0 Å². The molecule has 1 amide bonds. The van der Waals surface area contributed by atoms with E-state index in [1.54, 1.807) is 7.11 Å². The normalized spacial score (nSPS) is 19.5. The maximum Gasteiger partial charge on any atom is 0.253 e. The number of methoxy groups -OCH3 is 1. The van der Waals surface area contributed by atoms with Gasteiger partial charge in [-0.05, 0) is 49.8 Å². The van der Waals surface area contributed by atoms with Crippen molar-refractivity contribution in [2.75, 3.05) is 52.4 Å². The molecule has 0 bridgehead atoms. The number of anilines is 1. The summed E-state index contributed by atoms with van der Waals surface area (Å²) in [6, 6.07) is 7.90. The van der Waals surface area contributed by atoms with Crippen LogP contribution in [0.5, 0.6) is 0 Å². The highest BCUT2D eigenvalue weighted by atomic mass is 127. The summed E-state index contributed by atoms with van der Waals surface area (Å²) in [5.41, 5.74) is 1.88.